The van der Waals surface area contributed by atoms with Crippen molar-refractivity contribution in [1.29, 1.82) is 0 Å². The zero-order chi connectivity index (χ0) is 21.6. The maximum atomic E-state index is 13.2. The van der Waals surface area contributed by atoms with Crippen LogP contribution in [0.4, 0.5) is 0 Å². The summed E-state index contributed by atoms with van der Waals surface area (Å²) in [7, 11) is 0. The molecule has 0 aromatic heterocycles. The Kier molecular flexibility index (Phi) is 8.00. The lowest BCUT2D eigenvalue weighted by molar-refractivity contribution is -0.140. The van der Waals surface area contributed by atoms with Crippen LogP contribution in [0.1, 0.15) is 48.6 Å². The third-order valence-corrected chi connectivity index (χ3v) is 5.21. The average Bonchev–Trinajstić information content (AvgIpc) is 2.66. The number of nitrogens with zero attached hydrogens (tertiary/aromatic N) is 1. The Morgan fingerprint density at radius 1 is 0.931 bits per heavy atom. The fourth-order valence-electron chi connectivity index (χ4n) is 3.23. The van der Waals surface area contributed by atoms with Gasteiger partial charge in [0.1, 0.15) is 6.04 Å². The first-order valence-corrected chi connectivity index (χ1v) is 10.4. The molecule has 0 saturated heterocycles. The number of aryl methyl sites for hydroxylation is 3. The van der Waals surface area contributed by atoms with E-state index in [4.69, 9.17) is 0 Å². The van der Waals surface area contributed by atoms with Crippen molar-refractivity contribution in [3.63, 3.8) is 0 Å². The molecule has 0 fully saturated rings. The molecule has 29 heavy (non-hydrogen) atoms. The Bertz CT molecular complexity index is 858. The standard InChI is InChI=1S/C25H34N2O2/c1-17(2)15-26-25(29)21(6)27(16-23-9-7-8-18(3)12-23)24(28)14-22-11-10-19(4)20(5)13-22/h7-13,17,21H,14-16H2,1-6H3,(H,26,29)/t21-/m1/s1. The SMILES string of the molecule is Cc1cccc(CN(C(=O)Cc2ccc(C)c(C)c2)[C@H](C)C(=O)NCC(C)C)c1. The number of hydrogen-bond acceptors (Lipinski definition) is 2. The Morgan fingerprint density at radius 3 is 2.28 bits per heavy atom. The van der Waals surface area contributed by atoms with Gasteiger partial charge in [0, 0.05) is 13.1 Å². The molecule has 0 aliphatic heterocycles. The van der Waals surface area contributed by atoms with E-state index in [0.717, 1.165) is 16.7 Å². The highest BCUT2D eigenvalue weighted by atomic mass is 16.2. The number of benzene rings is 2. The van der Waals surface area contributed by atoms with Crippen LogP contribution in [0.15, 0.2) is 42.5 Å². The highest BCUT2D eigenvalue weighted by molar-refractivity contribution is 5.88. The molecule has 4 heteroatoms. The molecule has 156 valence electrons. The molecule has 1 atom stereocenters. The van der Waals surface area contributed by atoms with Gasteiger partial charge in [-0.1, -0.05) is 61.9 Å². The van der Waals surface area contributed by atoms with Crippen molar-refractivity contribution in [2.24, 2.45) is 5.92 Å². The molecule has 0 saturated carbocycles. The molecule has 0 bridgehead atoms. The molecular formula is C25H34N2O2. The van der Waals surface area contributed by atoms with Crippen molar-refractivity contribution in [1.82, 2.24) is 10.2 Å². The third kappa shape index (κ3) is 6.74. The molecule has 1 N–H and O–H groups in total. The molecule has 0 unspecified atom stereocenters. The summed E-state index contributed by atoms with van der Waals surface area (Å²) in [5.74, 6) is 0.212. The maximum Gasteiger partial charge on any atom is 0.242 e. The molecule has 0 aliphatic carbocycles. The summed E-state index contributed by atoms with van der Waals surface area (Å²) in [4.78, 5) is 27.6. The second kappa shape index (κ2) is 10.2. The van der Waals surface area contributed by atoms with E-state index in [1.165, 1.54) is 11.1 Å². The number of carbonyl (C=O) groups is 2. The minimum atomic E-state index is -0.534. The van der Waals surface area contributed by atoms with Gasteiger partial charge < -0.3 is 10.2 Å². The zero-order valence-electron chi connectivity index (χ0n) is 18.6. The first-order valence-electron chi connectivity index (χ1n) is 10.4. The molecule has 0 aliphatic rings. The maximum absolute atomic E-state index is 13.2. The van der Waals surface area contributed by atoms with Crippen molar-refractivity contribution in [2.45, 2.75) is 60.5 Å². The van der Waals surface area contributed by atoms with Gasteiger partial charge in [-0.3, -0.25) is 9.59 Å². The number of hydrogen-bond donors (Lipinski definition) is 1. The van der Waals surface area contributed by atoms with Crippen molar-refractivity contribution >= 4 is 11.8 Å². The van der Waals surface area contributed by atoms with Crippen LogP contribution in [-0.4, -0.2) is 29.3 Å². The summed E-state index contributed by atoms with van der Waals surface area (Å²) in [5, 5.41) is 2.96. The first-order chi connectivity index (χ1) is 13.7. The first kappa shape index (κ1) is 22.7. The molecule has 2 aromatic rings. The van der Waals surface area contributed by atoms with Crippen LogP contribution in [0.5, 0.6) is 0 Å². The van der Waals surface area contributed by atoms with Gasteiger partial charge in [-0.25, -0.2) is 0 Å². The molecule has 2 amide bonds. The molecule has 0 heterocycles. The van der Waals surface area contributed by atoms with E-state index in [1.807, 2.05) is 44.2 Å². The summed E-state index contributed by atoms with van der Waals surface area (Å²) in [5.41, 5.74) is 5.52. The van der Waals surface area contributed by atoms with E-state index in [2.05, 4.69) is 45.1 Å². The van der Waals surface area contributed by atoms with Gasteiger partial charge in [-0.15, -0.1) is 0 Å². The Labute approximate surface area is 175 Å². The quantitative estimate of drug-likeness (QED) is 0.724. The smallest absolute Gasteiger partial charge is 0.242 e. The van der Waals surface area contributed by atoms with Gasteiger partial charge in [-0.2, -0.15) is 0 Å². The van der Waals surface area contributed by atoms with Crippen LogP contribution >= 0.6 is 0 Å². The predicted octanol–water partition coefficient (Wildman–Crippen LogP) is 4.34. The van der Waals surface area contributed by atoms with Gasteiger partial charge in [0.05, 0.1) is 6.42 Å². The number of carbonyl (C=O) groups excluding carboxylic acids is 2. The van der Waals surface area contributed by atoms with Gasteiger partial charge in [-0.05, 0) is 55.9 Å². The summed E-state index contributed by atoms with van der Waals surface area (Å²) in [6.07, 6.45) is 0.286. The number of amides is 2. The normalized spacial score (nSPS) is 12.0. The van der Waals surface area contributed by atoms with Gasteiger partial charge in [0.2, 0.25) is 11.8 Å². The molecule has 0 spiro atoms. The minimum absolute atomic E-state index is 0.0399. The lowest BCUT2D eigenvalue weighted by Crippen LogP contribution is -2.48. The fraction of sp³-hybridized carbons (Fsp3) is 0.440. The second-order valence-electron chi connectivity index (χ2n) is 8.42. The van der Waals surface area contributed by atoms with E-state index in [9.17, 15) is 9.59 Å². The summed E-state index contributed by atoms with van der Waals surface area (Å²) in [6.45, 7) is 13.1. The summed E-state index contributed by atoms with van der Waals surface area (Å²) >= 11 is 0. The Hall–Kier alpha value is -2.62. The van der Waals surface area contributed by atoms with E-state index >= 15 is 0 Å². The second-order valence-corrected chi connectivity index (χ2v) is 8.42. The van der Waals surface area contributed by atoms with E-state index in [-0.39, 0.29) is 18.2 Å². The van der Waals surface area contributed by atoms with Crippen LogP contribution in [0.3, 0.4) is 0 Å². The third-order valence-electron chi connectivity index (χ3n) is 5.21. The molecule has 4 nitrogen and oxygen atoms in total. The highest BCUT2D eigenvalue weighted by Gasteiger charge is 2.26. The van der Waals surface area contributed by atoms with E-state index in [1.54, 1.807) is 4.90 Å². The van der Waals surface area contributed by atoms with Crippen molar-refractivity contribution in [3.05, 3.63) is 70.3 Å². The van der Waals surface area contributed by atoms with Crippen LogP contribution in [-0.2, 0) is 22.6 Å². The highest BCUT2D eigenvalue weighted by Crippen LogP contribution is 2.16. The molecule has 2 aromatic carbocycles. The van der Waals surface area contributed by atoms with Gasteiger partial charge >= 0.3 is 0 Å². The molecule has 0 radical (unpaired) electrons. The van der Waals surface area contributed by atoms with Gasteiger partial charge in [0.15, 0.2) is 0 Å². The van der Waals surface area contributed by atoms with Crippen LogP contribution in [0, 0.1) is 26.7 Å². The monoisotopic (exact) mass is 394 g/mol. The largest absolute Gasteiger partial charge is 0.354 e. The topological polar surface area (TPSA) is 49.4 Å². The number of nitrogens with one attached hydrogen (secondary N) is 1. The van der Waals surface area contributed by atoms with Crippen molar-refractivity contribution < 1.29 is 9.59 Å². The lowest BCUT2D eigenvalue weighted by atomic mass is 10.0. The fourth-order valence-corrected chi connectivity index (χ4v) is 3.23. The average molecular weight is 395 g/mol. The molecule has 2 rings (SSSR count). The Morgan fingerprint density at radius 2 is 1.66 bits per heavy atom. The van der Waals surface area contributed by atoms with E-state index in [0.29, 0.717) is 19.0 Å². The van der Waals surface area contributed by atoms with Crippen molar-refractivity contribution in [2.75, 3.05) is 6.54 Å². The van der Waals surface area contributed by atoms with E-state index < -0.39 is 6.04 Å². The van der Waals surface area contributed by atoms with Crippen molar-refractivity contribution in [3.8, 4) is 0 Å². The zero-order valence-corrected chi connectivity index (χ0v) is 18.6. The number of rotatable bonds is 8. The summed E-state index contributed by atoms with van der Waals surface area (Å²) < 4.78 is 0. The lowest BCUT2D eigenvalue weighted by Gasteiger charge is -2.29. The van der Waals surface area contributed by atoms with Gasteiger partial charge in [0.25, 0.3) is 0 Å². The molecular weight excluding hydrogens is 360 g/mol. The van der Waals surface area contributed by atoms with Crippen LogP contribution < -0.4 is 5.32 Å². The van der Waals surface area contributed by atoms with Crippen LogP contribution in [0.2, 0.25) is 0 Å². The minimum Gasteiger partial charge on any atom is -0.354 e. The Balaban J connectivity index is 2.23. The summed E-state index contributed by atoms with van der Waals surface area (Å²) in [6, 6.07) is 13.6. The predicted molar refractivity (Wildman–Crippen MR) is 119 cm³/mol. The van der Waals surface area contributed by atoms with Crippen LogP contribution in [0.25, 0.3) is 0 Å².